The lowest BCUT2D eigenvalue weighted by atomic mass is 10.1. The molecular formula is C16H23F3N4O. The largest absolute Gasteiger partial charge is 0.390 e. The zero-order chi connectivity index (χ0) is 17.6. The Kier molecular flexibility index (Phi) is 6.28. The Morgan fingerprint density at radius 1 is 1.33 bits per heavy atom. The Labute approximate surface area is 139 Å². The molecule has 0 saturated carbocycles. The van der Waals surface area contributed by atoms with E-state index in [9.17, 15) is 18.0 Å². The Balaban J connectivity index is 1.90. The Morgan fingerprint density at radius 3 is 2.71 bits per heavy atom. The molecule has 0 bridgehead atoms. The normalized spacial score (nSPS) is 15.2. The number of carbonyl (C=O) groups is 1. The average molecular weight is 344 g/mol. The summed E-state index contributed by atoms with van der Waals surface area (Å²) in [6.45, 7) is 1.75. The third-order valence-corrected chi connectivity index (χ3v) is 4.03. The van der Waals surface area contributed by atoms with Gasteiger partial charge >= 0.3 is 12.2 Å². The summed E-state index contributed by atoms with van der Waals surface area (Å²) >= 11 is 0. The summed E-state index contributed by atoms with van der Waals surface area (Å²) in [6.07, 6.45) is -0.128. The average Bonchev–Trinajstić information content (AvgIpc) is 2.58. The lowest BCUT2D eigenvalue weighted by Gasteiger charge is -2.29. The molecule has 0 spiro atoms. The van der Waals surface area contributed by atoms with Crippen molar-refractivity contribution >= 4 is 11.8 Å². The van der Waals surface area contributed by atoms with Crippen LogP contribution in [0.1, 0.15) is 31.2 Å². The van der Waals surface area contributed by atoms with Crippen LogP contribution in [0.4, 0.5) is 23.8 Å². The molecule has 134 valence electrons. The van der Waals surface area contributed by atoms with Gasteiger partial charge in [0.1, 0.15) is 5.82 Å². The highest BCUT2D eigenvalue weighted by Crippen LogP contribution is 2.22. The molecule has 5 nitrogen and oxygen atoms in total. The van der Waals surface area contributed by atoms with E-state index in [-0.39, 0.29) is 13.1 Å². The number of nitrogens with zero attached hydrogens (tertiary/aromatic N) is 3. The van der Waals surface area contributed by atoms with Gasteiger partial charge < -0.3 is 15.1 Å². The maximum atomic E-state index is 12.2. The number of aromatic nitrogens is 1. The van der Waals surface area contributed by atoms with E-state index in [1.54, 1.807) is 12.3 Å². The van der Waals surface area contributed by atoms with Crippen molar-refractivity contribution in [3.8, 4) is 0 Å². The van der Waals surface area contributed by atoms with E-state index in [4.69, 9.17) is 0 Å². The SMILES string of the molecule is CN(CCC(F)(F)F)C(=O)NCc1cccnc1N1CCCCC1. The van der Waals surface area contributed by atoms with Crippen molar-refractivity contribution in [1.82, 2.24) is 15.2 Å². The highest BCUT2D eigenvalue weighted by atomic mass is 19.4. The summed E-state index contributed by atoms with van der Waals surface area (Å²) in [5.74, 6) is 0.843. The van der Waals surface area contributed by atoms with E-state index in [1.165, 1.54) is 13.5 Å². The summed E-state index contributed by atoms with van der Waals surface area (Å²) in [6, 6.07) is 3.16. The number of urea groups is 1. The number of alkyl halides is 3. The first kappa shape index (κ1) is 18.4. The molecule has 0 unspecified atom stereocenters. The summed E-state index contributed by atoms with van der Waals surface area (Å²) in [7, 11) is 1.36. The first-order valence-electron chi connectivity index (χ1n) is 8.11. The van der Waals surface area contributed by atoms with E-state index in [0.29, 0.717) is 0 Å². The van der Waals surface area contributed by atoms with Gasteiger partial charge in [-0.1, -0.05) is 6.07 Å². The van der Waals surface area contributed by atoms with Crippen molar-refractivity contribution in [1.29, 1.82) is 0 Å². The monoisotopic (exact) mass is 344 g/mol. The maximum absolute atomic E-state index is 12.2. The lowest BCUT2D eigenvalue weighted by Crippen LogP contribution is -2.39. The van der Waals surface area contributed by atoms with E-state index in [2.05, 4.69) is 15.2 Å². The van der Waals surface area contributed by atoms with Crippen molar-refractivity contribution in [2.45, 2.75) is 38.4 Å². The number of amides is 2. The fourth-order valence-electron chi connectivity index (χ4n) is 2.66. The number of hydrogen-bond acceptors (Lipinski definition) is 3. The van der Waals surface area contributed by atoms with E-state index in [0.717, 1.165) is 42.2 Å². The van der Waals surface area contributed by atoms with Gasteiger partial charge in [-0.25, -0.2) is 9.78 Å². The number of hydrogen-bond donors (Lipinski definition) is 1. The fraction of sp³-hybridized carbons (Fsp3) is 0.625. The molecule has 2 amide bonds. The van der Waals surface area contributed by atoms with Gasteiger partial charge in [-0.15, -0.1) is 0 Å². The van der Waals surface area contributed by atoms with Crippen LogP contribution in [0.2, 0.25) is 0 Å². The second-order valence-corrected chi connectivity index (χ2v) is 5.98. The van der Waals surface area contributed by atoms with Crippen LogP contribution in [0.25, 0.3) is 0 Å². The van der Waals surface area contributed by atoms with E-state index in [1.807, 2.05) is 6.07 Å². The first-order chi connectivity index (χ1) is 11.4. The zero-order valence-corrected chi connectivity index (χ0v) is 13.8. The highest BCUT2D eigenvalue weighted by Gasteiger charge is 2.28. The van der Waals surface area contributed by atoms with Gasteiger partial charge in [-0.3, -0.25) is 0 Å². The molecule has 0 aliphatic carbocycles. The standard InChI is InChI=1S/C16H23F3N4O/c1-22(11-7-16(17,18)19)15(24)21-12-13-6-5-8-20-14(13)23-9-3-2-4-10-23/h5-6,8H,2-4,7,9-12H2,1H3,(H,21,24). The van der Waals surface area contributed by atoms with Gasteiger partial charge in [0, 0.05) is 45.0 Å². The Morgan fingerprint density at radius 2 is 2.04 bits per heavy atom. The Bertz CT molecular complexity index is 544. The molecular weight excluding hydrogens is 321 g/mol. The van der Waals surface area contributed by atoms with E-state index >= 15 is 0 Å². The number of piperidine rings is 1. The third-order valence-electron chi connectivity index (χ3n) is 4.03. The van der Waals surface area contributed by atoms with Crippen molar-refractivity contribution in [3.63, 3.8) is 0 Å². The summed E-state index contributed by atoms with van der Waals surface area (Å²) < 4.78 is 36.7. The molecule has 0 radical (unpaired) electrons. The van der Waals surface area contributed by atoms with Crippen LogP contribution >= 0.6 is 0 Å². The van der Waals surface area contributed by atoms with Crippen molar-refractivity contribution in [2.24, 2.45) is 0 Å². The molecule has 8 heteroatoms. The van der Waals surface area contributed by atoms with Gasteiger partial charge in [-0.05, 0) is 25.3 Å². The number of rotatable bonds is 5. The van der Waals surface area contributed by atoms with Crippen molar-refractivity contribution < 1.29 is 18.0 Å². The van der Waals surface area contributed by atoms with Crippen LogP contribution in [-0.2, 0) is 6.54 Å². The van der Waals surface area contributed by atoms with Crippen LogP contribution in [0.3, 0.4) is 0 Å². The van der Waals surface area contributed by atoms with Gasteiger partial charge in [0.05, 0.1) is 6.42 Å². The van der Waals surface area contributed by atoms with Gasteiger partial charge in [0.15, 0.2) is 0 Å². The van der Waals surface area contributed by atoms with Crippen LogP contribution in [-0.4, -0.2) is 48.8 Å². The minimum atomic E-state index is -4.26. The topological polar surface area (TPSA) is 48.5 Å². The molecule has 1 aromatic rings. The third kappa shape index (κ3) is 5.58. The minimum Gasteiger partial charge on any atom is -0.356 e. The van der Waals surface area contributed by atoms with Gasteiger partial charge in [0.25, 0.3) is 0 Å². The van der Waals surface area contributed by atoms with Crippen LogP contribution in [0.5, 0.6) is 0 Å². The first-order valence-corrected chi connectivity index (χ1v) is 8.11. The maximum Gasteiger partial charge on any atom is 0.390 e. The second-order valence-electron chi connectivity index (χ2n) is 5.98. The number of halogens is 3. The highest BCUT2D eigenvalue weighted by molar-refractivity contribution is 5.74. The molecule has 2 heterocycles. The molecule has 1 aromatic heterocycles. The summed E-state index contributed by atoms with van der Waals surface area (Å²) in [4.78, 5) is 19.6. The van der Waals surface area contributed by atoms with Gasteiger partial charge in [0.2, 0.25) is 0 Å². The van der Waals surface area contributed by atoms with Crippen molar-refractivity contribution in [3.05, 3.63) is 23.9 Å². The van der Waals surface area contributed by atoms with Crippen molar-refractivity contribution in [2.75, 3.05) is 31.6 Å². The number of anilines is 1. The Hall–Kier alpha value is -1.99. The lowest BCUT2D eigenvalue weighted by molar-refractivity contribution is -0.136. The number of pyridine rings is 1. The van der Waals surface area contributed by atoms with Crippen LogP contribution in [0.15, 0.2) is 18.3 Å². The molecule has 1 aliphatic rings. The van der Waals surface area contributed by atoms with Gasteiger partial charge in [-0.2, -0.15) is 13.2 Å². The smallest absolute Gasteiger partial charge is 0.356 e. The predicted octanol–water partition coefficient (Wildman–Crippen LogP) is 3.17. The fourth-order valence-corrected chi connectivity index (χ4v) is 2.66. The molecule has 1 aliphatic heterocycles. The molecule has 1 saturated heterocycles. The second kappa shape index (κ2) is 8.21. The quantitative estimate of drug-likeness (QED) is 0.893. The number of carbonyl (C=O) groups excluding carboxylic acids is 1. The summed E-state index contributed by atoms with van der Waals surface area (Å²) in [5, 5.41) is 2.67. The molecule has 1 N–H and O–H groups in total. The zero-order valence-electron chi connectivity index (χ0n) is 13.8. The molecule has 24 heavy (non-hydrogen) atoms. The number of nitrogens with one attached hydrogen (secondary N) is 1. The molecule has 0 atom stereocenters. The summed E-state index contributed by atoms with van der Waals surface area (Å²) in [5.41, 5.74) is 0.872. The molecule has 2 rings (SSSR count). The molecule has 0 aromatic carbocycles. The van der Waals surface area contributed by atoms with E-state index < -0.39 is 18.6 Å². The minimum absolute atomic E-state index is 0.245. The molecule has 1 fully saturated rings. The van der Waals surface area contributed by atoms with Crippen LogP contribution < -0.4 is 10.2 Å². The predicted molar refractivity (Wildman–Crippen MR) is 85.8 cm³/mol. The van der Waals surface area contributed by atoms with Crippen LogP contribution in [0, 0.1) is 0 Å².